The van der Waals surface area contributed by atoms with Gasteiger partial charge in [-0.25, -0.2) is 9.97 Å². The van der Waals surface area contributed by atoms with E-state index < -0.39 is 0 Å². The van der Waals surface area contributed by atoms with Crippen molar-refractivity contribution in [2.45, 2.75) is 13.5 Å². The van der Waals surface area contributed by atoms with E-state index in [0.717, 1.165) is 9.88 Å². The summed E-state index contributed by atoms with van der Waals surface area (Å²) < 4.78 is 1.41. The van der Waals surface area contributed by atoms with Gasteiger partial charge in [-0.3, -0.25) is 0 Å². The summed E-state index contributed by atoms with van der Waals surface area (Å²) >= 11 is 7.48. The summed E-state index contributed by atoms with van der Waals surface area (Å²) in [5.41, 5.74) is 0. The molecule has 0 atom stereocenters. The van der Waals surface area contributed by atoms with Gasteiger partial charge in [-0.1, -0.05) is 0 Å². The average molecular weight is 309 g/mol. The maximum Gasteiger partial charge on any atom is 0.258 e. The van der Waals surface area contributed by atoms with Crippen molar-refractivity contribution in [2.24, 2.45) is 0 Å². The van der Waals surface area contributed by atoms with Crippen LogP contribution in [0.1, 0.15) is 9.88 Å². The first kappa shape index (κ1) is 12.9. The van der Waals surface area contributed by atoms with Gasteiger partial charge >= 0.3 is 0 Å². The highest BCUT2D eigenvalue weighted by molar-refractivity contribution is 7.11. The van der Waals surface area contributed by atoms with E-state index in [2.05, 4.69) is 35.3 Å². The van der Waals surface area contributed by atoms with Gasteiger partial charge < -0.3 is 5.32 Å². The third-order valence-corrected chi connectivity index (χ3v) is 3.37. The highest BCUT2D eigenvalue weighted by Gasteiger charge is 2.08. The molecule has 0 bridgehead atoms. The minimum atomic E-state index is 0.0864. The molecule has 10 heteroatoms. The van der Waals surface area contributed by atoms with Crippen LogP contribution in [-0.4, -0.2) is 34.7 Å². The molecule has 0 amide bonds. The van der Waals surface area contributed by atoms with Crippen LogP contribution in [0.2, 0.25) is 5.28 Å². The summed E-state index contributed by atoms with van der Waals surface area (Å²) in [6.45, 7) is 2.53. The molecule has 3 rings (SSSR count). The van der Waals surface area contributed by atoms with Crippen molar-refractivity contribution in [2.75, 3.05) is 5.32 Å². The van der Waals surface area contributed by atoms with Crippen LogP contribution in [0.3, 0.4) is 0 Å². The van der Waals surface area contributed by atoms with Gasteiger partial charge in [0, 0.05) is 11.1 Å². The molecule has 1 N–H and O–H groups in total. The quantitative estimate of drug-likeness (QED) is 0.780. The first-order valence-electron chi connectivity index (χ1n) is 5.62. The molecule has 0 radical (unpaired) electrons. The molecule has 0 fully saturated rings. The van der Waals surface area contributed by atoms with Crippen molar-refractivity contribution in [1.82, 2.24) is 34.7 Å². The van der Waals surface area contributed by atoms with E-state index in [0.29, 0.717) is 18.4 Å². The number of anilines is 1. The van der Waals surface area contributed by atoms with Crippen LogP contribution in [-0.2, 0) is 6.54 Å². The lowest BCUT2D eigenvalue weighted by Gasteiger charge is -2.04. The van der Waals surface area contributed by atoms with Gasteiger partial charge in [0.1, 0.15) is 17.7 Å². The van der Waals surface area contributed by atoms with Crippen molar-refractivity contribution in [3.05, 3.63) is 34.0 Å². The number of halogens is 1. The molecule has 0 aromatic carbocycles. The van der Waals surface area contributed by atoms with E-state index in [9.17, 15) is 0 Å². The minimum absolute atomic E-state index is 0.0864. The number of nitrogens with one attached hydrogen (secondary N) is 1. The summed E-state index contributed by atoms with van der Waals surface area (Å²) in [6.07, 6.45) is 4.70. The number of aryl methyl sites for hydroxylation is 1. The van der Waals surface area contributed by atoms with Gasteiger partial charge in [0.25, 0.3) is 5.95 Å². The maximum absolute atomic E-state index is 5.88. The second-order valence-corrected chi connectivity index (χ2v) is 5.44. The lowest BCUT2D eigenvalue weighted by molar-refractivity contribution is 0.793. The summed E-state index contributed by atoms with van der Waals surface area (Å²) in [5, 5.41) is 8.04. The summed E-state index contributed by atoms with van der Waals surface area (Å²) in [5.74, 6) is 0.670. The van der Waals surface area contributed by atoms with E-state index in [1.807, 2.05) is 13.1 Å². The Bertz CT molecular complexity index is 710. The average Bonchev–Trinajstić information content (AvgIpc) is 3.07. The summed E-state index contributed by atoms with van der Waals surface area (Å²) in [4.78, 5) is 21.5. The van der Waals surface area contributed by atoms with E-state index in [1.54, 1.807) is 11.3 Å². The van der Waals surface area contributed by atoms with Gasteiger partial charge in [0.2, 0.25) is 11.2 Å². The van der Waals surface area contributed by atoms with E-state index in [4.69, 9.17) is 11.6 Å². The predicted molar refractivity (Wildman–Crippen MR) is 73.9 cm³/mol. The molecule has 0 spiro atoms. The summed E-state index contributed by atoms with van der Waals surface area (Å²) in [7, 11) is 0. The number of thiazole rings is 1. The predicted octanol–water partition coefficient (Wildman–Crippen LogP) is 1.48. The van der Waals surface area contributed by atoms with Crippen molar-refractivity contribution in [3.8, 4) is 5.95 Å². The Morgan fingerprint density at radius 2 is 2.25 bits per heavy atom. The fraction of sp³-hybridized carbons (Fsp3) is 0.200. The normalized spacial score (nSPS) is 10.7. The van der Waals surface area contributed by atoms with Crippen LogP contribution in [0, 0.1) is 6.92 Å². The Morgan fingerprint density at radius 3 is 2.95 bits per heavy atom. The highest BCUT2D eigenvalue weighted by atomic mass is 35.5. The maximum atomic E-state index is 5.88. The molecule has 0 aliphatic rings. The number of hydrogen-bond donors (Lipinski definition) is 1. The number of rotatable bonds is 4. The summed E-state index contributed by atoms with van der Waals surface area (Å²) in [6, 6.07) is 0. The second kappa shape index (κ2) is 5.47. The molecule has 3 aromatic heterocycles. The standard InChI is InChI=1S/C10H9ClN8S/c1-6-2-13-7(20-6)3-14-9-16-8(11)17-10(18-9)19-5-12-4-15-19/h2,4-5H,3H2,1H3,(H,14,16,17,18). The number of nitrogens with zero attached hydrogens (tertiary/aromatic N) is 7. The van der Waals surface area contributed by atoms with Crippen LogP contribution >= 0.6 is 22.9 Å². The van der Waals surface area contributed by atoms with Crippen molar-refractivity contribution in [1.29, 1.82) is 0 Å². The zero-order valence-electron chi connectivity index (χ0n) is 10.4. The van der Waals surface area contributed by atoms with Crippen LogP contribution in [0.25, 0.3) is 5.95 Å². The smallest absolute Gasteiger partial charge is 0.258 e. The molecular weight excluding hydrogens is 300 g/mol. The van der Waals surface area contributed by atoms with Gasteiger partial charge in [-0.2, -0.15) is 24.7 Å². The Labute approximate surface area is 122 Å². The monoisotopic (exact) mass is 308 g/mol. The third kappa shape index (κ3) is 2.89. The molecule has 0 aliphatic heterocycles. The zero-order chi connectivity index (χ0) is 13.9. The van der Waals surface area contributed by atoms with Crippen LogP contribution in [0.5, 0.6) is 0 Å². The lowest BCUT2D eigenvalue weighted by Crippen LogP contribution is -2.09. The third-order valence-electron chi connectivity index (χ3n) is 2.29. The number of hydrogen-bond acceptors (Lipinski definition) is 8. The van der Waals surface area contributed by atoms with Crippen molar-refractivity contribution < 1.29 is 0 Å². The zero-order valence-corrected chi connectivity index (χ0v) is 11.9. The Balaban J connectivity index is 1.79. The SMILES string of the molecule is Cc1cnc(CNc2nc(Cl)nc(-n3cncn3)n2)s1. The molecule has 0 saturated heterocycles. The second-order valence-electron chi connectivity index (χ2n) is 3.79. The molecule has 20 heavy (non-hydrogen) atoms. The molecule has 8 nitrogen and oxygen atoms in total. The van der Waals surface area contributed by atoms with Gasteiger partial charge in [-0.15, -0.1) is 11.3 Å². The van der Waals surface area contributed by atoms with Gasteiger partial charge in [0.05, 0.1) is 6.54 Å². The van der Waals surface area contributed by atoms with Crippen LogP contribution in [0.15, 0.2) is 18.9 Å². The molecule has 3 heterocycles. The van der Waals surface area contributed by atoms with Crippen LogP contribution in [0.4, 0.5) is 5.95 Å². The fourth-order valence-corrected chi connectivity index (χ4v) is 2.35. The van der Waals surface area contributed by atoms with Gasteiger partial charge in [-0.05, 0) is 18.5 Å². The molecule has 0 unspecified atom stereocenters. The molecule has 0 saturated carbocycles. The van der Waals surface area contributed by atoms with Crippen molar-refractivity contribution in [3.63, 3.8) is 0 Å². The Morgan fingerprint density at radius 1 is 1.35 bits per heavy atom. The van der Waals surface area contributed by atoms with E-state index in [1.165, 1.54) is 17.3 Å². The molecule has 102 valence electrons. The first-order valence-corrected chi connectivity index (χ1v) is 6.82. The van der Waals surface area contributed by atoms with Crippen LogP contribution < -0.4 is 5.32 Å². The number of aromatic nitrogens is 7. The molecular formula is C10H9ClN8S. The van der Waals surface area contributed by atoms with E-state index >= 15 is 0 Å². The fourth-order valence-electron chi connectivity index (χ4n) is 1.47. The largest absolute Gasteiger partial charge is 0.348 e. The lowest BCUT2D eigenvalue weighted by atomic mass is 10.6. The topological polar surface area (TPSA) is 94.3 Å². The first-order chi connectivity index (χ1) is 9.70. The Kier molecular flexibility index (Phi) is 3.52. The highest BCUT2D eigenvalue weighted by Crippen LogP contribution is 2.13. The minimum Gasteiger partial charge on any atom is -0.348 e. The molecule has 3 aromatic rings. The molecule has 0 aliphatic carbocycles. The van der Waals surface area contributed by atoms with Crippen molar-refractivity contribution >= 4 is 28.9 Å². The Hall–Kier alpha value is -2.13. The van der Waals surface area contributed by atoms with Gasteiger partial charge in [0.15, 0.2) is 0 Å². The van der Waals surface area contributed by atoms with E-state index in [-0.39, 0.29) is 5.28 Å².